The minimum Gasteiger partial charge on any atom is -0.354 e. The van der Waals surface area contributed by atoms with Crippen LogP contribution in [-0.4, -0.2) is 21.9 Å². The van der Waals surface area contributed by atoms with E-state index in [4.69, 9.17) is 5.26 Å². The molecule has 18 heavy (non-hydrogen) atoms. The maximum atomic E-state index is 12.8. The third-order valence-corrected chi connectivity index (χ3v) is 3.22. The quantitative estimate of drug-likeness (QED) is 0.883. The molecule has 0 atom stereocenters. The summed E-state index contributed by atoms with van der Waals surface area (Å²) in [7, 11) is 0. The second-order valence-corrected chi connectivity index (χ2v) is 4.45. The highest BCUT2D eigenvalue weighted by atomic mass is 19.4. The first kappa shape index (κ1) is 12.6. The van der Waals surface area contributed by atoms with Crippen LogP contribution in [0.2, 0.25) is 0 Å². The average molecular weight is 256 g/mol. The third kappa shape index (κ3) is 1.88. The van der Waals surface area contributed by atoms with Crippen molar-refractivity contribution in [1.82, 2.24) is 10.2 Å². The number of nitrogens with one attached hydrogen (secondary N) is 1. The van der Waals surface area contributed by atoms with Gasteiger partial charge in [0.2, 0.25) is 0 Å². The van der Waals surface area contributed by atoms with Crippen molar-refractivity contribution in [3.05, 3.63) is 16.8 Å². The van der Waals surface area contributed by atoms with Crippen LogP contribution in [0.5, 0.6) is 0 Å². The number of halogens is 3. The van der Waals surface area contributed by atoms with Gasteiger partial charge in [-0.2, -0.15) is 23.5 Å². The summed E-state index contributed by atoms with van der Waals surface area (Å²) in [4.78, 5) is 0. The van der Waals surface area contributed by atoms with E-state index in [1.807, 2.05) is 6.07 Å². The van der Waals surface area contributed by atoms with Crippen LogP contribution in [0.1, 0.15) is 29.7 Å². The molecule has 0 spiro atoms. The Morgan fingerprint density at radius 1 is 1.28 bits per heavy atom. The van der Waals surface area contributed by atoms with Crippen LogP contribution in [0.15, 0.2) is 0 Å². The fraction of sp³-hybridized carbons (Fsp3) is 0.545. The molecule has 0 radical (unpaired) electrons. The summed E-state index contributed by atoms with van der Waals surface area (Å²) in [6.45, 7) is 3.30. The number of aryl methyl sites for hydroxylation is 1. The zero-order valence-electron chi connectivity index (χ0n) is 9.89. The minimum atomic E-state index is -4.35. The summed E-state index contributed by atoms with van der Waals surface area (Å²) in [6, 6.07) is 1.87. The number of alkyl halides is 3. The summed E-state index contributed by atoms with van der Waals surface area (Å²) >= 11 is 0. The molecular formula is C11H11F3N4. The first-order valence-electron chi connectivity index (χ1n) is 5.39. The molecular weight excluding hydrogens is 245 g/mol. The maximum Gasteiger partial charge on any atom is 0.411 e. The zero-order valence-corrected chi connectivity index (χ0v) is 9.89. The number of nitriles is 1. The van der Waals surface area contributed by atoms with Gasteiger partial charge in [-0.3, -0.25) is 0 Å². The summed E-state index contributed by atoms with van der Waals surface area (Å²) in [6.07, 6.45) is -4.36. The smallest absolute Gasteiger partial charge is 0.354 e. The number of rotatable bonds is 2. The van der Waals surface area contributed by atoms with Crippen molar-refractivity contribution in [1.29, 1.82) is 5.26 Å². The molecule has 96 valence electrons. The van der Waals surface area contributed by atoms with Gasteiger partial charge >= 0.3 is 6.18 Å². The maximum absolute atomic E-state index is 12.8. The molecule has 1 heterocycles. The van der Waals surface area contributed by atoms with Crippen molar-refractivity contribution in [2.45, 2.75) is 38.4 Å². The average Bonchev–Trinajstić information content (AvgIpc) is 3.04. The lowest BCUT2D eigenvalue weighted by molar-refractivity contribution is -0.151. The van der Waals surface area contributed by atoms with Crippen LogP contribution in [0.3, 0.4) is 0 Å². The van der Waals surface area contributed by atoms with E-state index in [0.717, 1.165) is 0 Å². The second kappa shape index (κ2) is 3.83. The fourth-order valence-electron chi connectivity index (χ4n) is 1.66. The Hall–Kier alpha value is -1.84. The molecule has 1 aliphatic rings. The molecule has 0 aromatic carbocycles. The second-order valence-electron chi connectivity index (χ2n) is 4.45. The van der Waals surface area contributed by atoms with Gasteiger partial charge in [-0.05, 0) is 32.3 Å². The number of hydrogen-bond acceptors (Lipinski definition) is 4. The predicted octanol–water partition coefficient (Wildman–Crippen LogP) is 2.47. The lowest BCUT2D eigenvalue weighted by atomic mass is 10.1. The molecule has 4 nitrogen and oxygen atoms in total. The van der Waals surface area contributed by atoms with Crippen molar-refractivity contribution >= 4 is 5.82 Å². The van der Waals surface area contributed by atoms with E-state index in [1.54, 1.807) is 13.8 Å². The highest BCUT2D eigenvalue weighted by Crippen LogP contribution is 2.51. The molecule has 2 rings (SSSR count). The molecule has 1 aromatic rings. The van der Waals surface area contributed by atoms with Crippen LogP contribution in [-0.2, 0) is 0 Å². The molecule has 1 saturated carbocycles. The summed E-state index contributed by atoms with van der Waals surface area (Å²) in [5.41, 5.74) is -0.727. The Morgan fingerprint density at radius 3 is 2.33 bits per heavy atom. The van der Waals surface area contributed by atoms with Gasteiger partial charge < -0.3 is 5.32 Å². The van der Waals surface area contributed by atoms with E-state index < -0.39 is 11.7 Å². The van der Waals surface area contributed by atoms with Crippen LogP contribution in [0.25, 0.3) is 0 Å². The van der Waals surface area contributed by atoms with Gasteiger partial charge in [-0.1, -0.05) is 0 Å². The molecule has 0 unspecified atom stereocenters. The monoisotopic (exact) mass is 256 g/mol. The predicted molar refractivity (Wildman–Crippen MR) is 57.9 cm³/mol. The SMILES string of the molecule is Cc1nnc(NC2(C(F)(F)F)CC2)c(C#N)c1C. The number of anilines is 1. The third-order valence-electron chi connectivity index (χ3n) is 3.22. The Kier molecular flexibility index (Phi) is 2.69. The van der Waals surface area contributed by atoms with Gasteiger partial charge in [-0.25, -0.2) is 0 Å². The Bertz CT molecular complexity index is 526. The normalized spacial score (nSPS) is 17.1. The molecule has 0 saturated heterocycles. The Labute approximate surface area is 102 Å². The fourth-order valence-corrected chi connectivity index (χ4v) is 1.66. The lowest BCUT2D eigenvalue weighted by Crippen LogP contribution is -2.39. The van der Waals surface area contributed by atoms with Gasteiger partial charge in [0.25, 0.3) is 0 Å². The molecule has 1 aromatic heterocycles. The molecule has 0 bridgehead atoms. The van der Waals surface area contributed by atoms with E-state index in [9.17, 15) is 13.2 Å². The molecule has 0 aliphatic heterocycles. The van der Waals surface area contributed by atoms with Crippen LogP contribution in [0, 0.1) is 25.2 Å². The van der Waals surface area contributed by atoms with E-state index in [2.05, 4.69) is 15.5 Å². The molecule has 1 aliphatic carbocycles. The topological polar surface area (TPSA) is 61.6 Å². The number of nitrogens with zero attached hydrogens (tertiary/aromatic N) is 3. The largest absolute Gasteiger partial charge is 0.411 e. The summed E-state index contributed by atoms with van der Waals surface area (Å²) < 4.78 is 38.4. The van der Waals surface area contributed by atoms with Crippen molar-refractivity contribution in [2.24, 2.45) is 0 Å². The van der Waals surface area contributed by atoms with Gasteiger partial charge in [-0.15, -0.1) is 5.10 Å². The molecule has 0 amide bonds. The van der Waals surface area contributed by atoms with Gasteiger partial charge in [0, 0.05) is 0 Å². The first-order valence-corrected chi connectivity index (χ1v) is 5.39. The van der Waals surface area contributed by atoms with Crippen LogP contribution < -0.4 is 5.32 Å². The van der Waals surface area contributed by atoms with Gasteiger partial charge in [0.1, 0.15) is 17.2 Å². The van der Waals surface area contributed by atoms with Crippen LogP contribution >= 0.6 is 0 Å². The highest BCUT2D eigenvalue weighted by molar-refractivity contribution is 5.58. The van der Waals surface area contributed by atoms with Crippen molar-refractivity contribution in [3.63, 3.8) is 0 Å². The highest BCUT2D eigenvalue weighted by Gasteiger charge is 2.64. The molecule has 7 heteroatoms. The van der Waals surface area contributed by atoms with Crippen molar-refractivity contribution < 1.29 is 13.2 Å². The standard InChI is InChI=1S/C11H11F3N4/c1-6-7(2)17-18-9(8(6)5-15)16-10(3-4-10)11(12,13)14/h3-4H2,1-2H3,(H,16,18). The first-order chi connectivity index (χ1) is 8.31. The minimum absolute atomic E-state index is 0.00400. The van der Waals surface area contributed by atoms with E-state index in [-0.39, 0.29) is 24.2 Å². The van der Waals surface area contributed by atoms with E-state index in [0.29, 0.717) is 11.3 Å². The van der Waals surface area contributed by atoms with Gasteiger partial charge in [0.05, 0.1) is 5.69 Å². The number of hydrogen-bond donors (Lipinski definition) is 1. The lowest BCUT2D eigenvalue weighted by Gasteiger charge is -2.21. The van der Waals surface area contributed by atoms with Gasteiger partial charge in [0.15, 0.2) is 5.82 Å². The van der Waals surface area contributed by atoms with Crippen LogP contribution in [0.4, 0.5) is 19.0 Å². The molecule has 1 fully saturated rings. The summed E-state index contributed by atoms with van der Waals surface area (Å²) in [5.74, 6) is -0.0876. The van der Waals surface area contributed by atoms with E-state index >= 15 is 0 Å². The Balaban J connectivity index is 2.38. The zero-order chi connectivity index (χ0) is 13.6. The van der Waals surface area contributed by atoms with Crippen molar-refractivity contribution in [3.8, 4) is 6.07 Å². The number of aromatic nitrogens is 2. The summed E-state index contributed by atoms with van der Waals surface area (Å²) in [5, 5.41) is 18.8. The van der Waals surface area contributed by atoms with E-state index in [1.165, 1.54) is 0 Å². The molecule has 1 N–H and O–H groups in total. The Morgan fingerprint density at radius 2 is 1.89 bits per heavy atom. The van der Waals surface area contributed by atoms with Crippen molar-refractivity contribution in [2.75, 3.05) is 5.32 Å².